The third kappa shape index (κ3) is 4.67. The van der Waals surface area contributed by atoms with Crippen LogP contribution in [0.3, 0.4) is 0 Å². The van der Waals surface area contributed by atoms with E-state index in [0.29, 0.717) is 17.1 Å². The van der Waals surface area contributed by atoms with E-state index in [1.807, 2.05) is 114 Å². The first-order chi connectivity index (χ1) is 19.2. The quantitative estimate of drug-likeness (QED) is 0.164. The molecule has 4 aromatic carbocycles. The number of aryl methyl sites for hydroxylation is 1. The van der Waals surface area contributed by atoms with Crippen molar-refractivity contribution in [3.05, 3.63) is 128 Å². The summed E-state index contributed by atoms with van der Waals surface area (Å²) in [6, 6.07) is 38.6. The van der Waals surface area contributed by atoms with Gasteiger partial charge in [-0.25, -0.2) is 4.98 Å². The minimum Gasteiger partial charge on any atom is -0.499 e. The molecular weight excluding hydrogens is 679 g/mol. The first kappa shape index (κ1) is 25.6. The summed E-state index contributed by atoms with van der Waals surface area (Å²) < 4.78 is 14.7. The van der Waals surface area contributed by atoms with E-state index in [4.69, 9.17) is 9.15 Å². The number of imidazole rings is 1. The normalized spacial score (nSPS) is 10.9. The number of benzene rings is 4. The maximum absolute atomic E-state index is 6.47. The van der Waals surface area contributed by atoms with E-state index in [9.17, 15) is 0 Å². The Morgan fingerprint density at radius 3 is 2.42 bits per heavy atom. The third-order valence-electron chi connectivity index (χ3n) is 6.54. The Labute approximate surface area is 245 Å². The molecule has 3 heterocycles. The predicted octanol–water partition coefficient (Wildman–Crippen LogP) is 8.24. The number of rotatable bonds is 6. The van der Waals surface area contributed by atoms with Crippen molar-refractivity contribution < 1.29 is 30.2 Å². The Morgan fingerprint density at radius 1 is 0.800 bits per heavy atom. The minimum absolute atomic E-state index is 0. The van der Waals surface area contributed by atoms with Crippen LogP contribution in [-0.2, 0) is 28.1 Å². The number of pyridine rings is 1. The van der Waals surface area contributed by atoms with Crippen LogP contribution in [0.2, 0.25) is 0 Å². The topological polar surface area (TPSA) is 56.3 Å². The number of aromatic nitrogens is 3. The van der Waals surface area contributed by atoms with Crippen LogP contribution in [0.5, 0.6) is 11.5 Å². The standard InChI is InChI=1S/C33H22N4O2.Pt/c1-36-19-18-35-33(36)23-20-28-27-14-5-6-15-29(27)39-32(28)30(21-23)38-26-13-9-12-25(22-26)37(24-10-3-2-4-11-24)31-16-7-8-17-34-31;/h2-20H,1H3;/q-2;+2. The first-order valence-corrected chi connectivity index (χ1v) is 12.6. The van der Waals surface area contributed by atoms with E-state index < -0.39 is 0 Å². The summed E-state index contributed by atoms with van der Waals surface area (Å²) >= 11 is 0. The molecule has 0 saturated heterocycles. The van der Waals surface area contributed by atoms with Gasteiger partial charge >= 0.3 is 21.1 Å². The smallest absolute Gasteiger partial charge is 0.499 e. The molecule has 40 heavy (non-hydrogen) atoms. The fraction of sp³-hybridized carbons (Fsp3) is 0.0303. The van der Waals surface area contributed by atoms with Gasteiger partial charge in [0.2, 0.25) is 0 Å². The number of nitrogens with zero attached hydrogens (tertiary/aromatic N) is 4. The molecule has 6 nitrogen and oxygen atoms in total. The fourth-order valence-corrected chi connectivity index (χ4v) is 4.75. The van der Waals surface area contributed by atoms with Crippen molar-refractivity contribution in [1.82, 2.24) is 14.5 Å². The Bertz CT molecular complexity index is 1880. The van der Waals surface area contributed by atoms with E-state index in [1.165, 1.54) is 0 Å². The molecule has 0 aliphatic rings. The van der Waals surface area contributed by atoms with Crippen LogP contribution in [0.4, 0.5) is 17.2 Å². The van der Waals surface area contributed by atoms with Crippen LogP contribution in [0.15, 0.2) is 120 Å². The van der Waals surface area contributed by atoms with Crippen molar-refractivity contribution in [2.24, 2.45) is 7.05 Å². The average molecular weight is 702 g/mol. The number of fused-ring (bicyclic) bond motifs is 3. The molecule has 0 saturated carbocycles. The second kappa shape index (κ2) is 10.8. The molecule has 0 aliphatic heterocycles. The average Bonchev–Trinajstić information content (AvgIpc) is 3.58. The summed E-state index contributed by atoms with van der Waals surface area (Å²) in [6.45, 7) is 0. The van der Waals surface area contributed by atoms with Gasteiger partial charge in [0.15, 0.2) is 0 Å². The molecule has 0 atom stereocenters. The molecule has 0 amide bonds. The van der Waals surface area contributed by atoms with E-state index in [-0.39, 0.29) is 21.1 Å². The molecule has 0 radical (unpaired) electrons. The van der Waals surface area contributed by atoms with E-state index in [2.05, 4.69) is 28.2 Å². The monoisotopic (exact) mass is 701 g/mol. The van der Waals surface area contributed by atoms with Crippen LogP contribution in [0.1, 0.15) is 0 Å². The van der Waals surface area contributed by atoms with Crippen LogP contribution in [0.25, 0.3) is 33.3 Å². The number of furan rings is 1. The van der Waals surface area contributed by atoms with Gasteiger partial charge in [0, 0.05) is 42.5 Å². The van der Waals surface area contributed by atoms with E-state index in [1.54, 1.807) is 12.4 Å². The molecule has 3 aromatic heterocycles. The van der Waals surface area contributed by atoms with Crippen molar-refractivity contribution in [3.8, 4) is 22.9 Å². The largest absolute Gasteiger partial charge is 2.00 e. The second-order valence-corrected chi connectivity index (χ2v) is 9.08. The van der Waals surface area contributed by atoms with Gasteiger partial charge in [-0.15, -0.1) is 29.8 Å². The van der Waals surface area contributed by atoms with Crippen LogP contribution >= 0.6 is 0 Å². The summed E-state index contributed by atoms with van der Waals surface area (Å²) in [4.78, 5) is 11.2. The van der Waals surface area contributed by atoms with Crippen molar-refractivity contribution in [1.29, 1.82) is 0 Å². The zero-order chi connectivity index (χ0) is 26.2. The first-order valence-electron chi connectivity index (χ1n) is 12.6. The fourth-order valence-electron chi connectivity index (χ4n) is 4.75. The van der Waals surface area contributed by atoms with Gasteiger partial charge in [0.1, 0.15) is 11.4 Å². The maximum atomic E-state index is 6.47. The number of ether oxygens (including phenoxy) is 1. The summed E-state index contributed by atoms with van der Waals surface area (Å²) in [5.41, 5.74) is 3.97. The molecular formula is C33H22N4O2Pt. The van der Waals surface area contributed by atoms with Gasteiger partial charge in [0.05, 0.1) is 17.2 Å². The number of hydrogen-bond donors (Lipinski definition) is 0. The number of hydrogen-bond acceptors (Lipinski definition) is 5. The van der Waals surface area contributed by atoms with Gasteiger partial charge in [-0.2, -0.15) is 6.07 Å². The van der Waals surface area contributed by atoms with Crippen molar-refractivity contribution in [3.63, 3.8) is 0 Å². The van der Waals surface area contributed by atoms with Crippen LogP contribution < -0.4 is 9.64 Å². The third-order valence-corrected chi connectivity index (χ3v) is 6.54. The van der Waals surface area contributed by atoms with Gasteiger partial charge in [0.25, 0.3) is 0 Å². The molecule has 196 valence electrons. The van der Waals surface area contributed by atoms with Crippen molar-refractivity contribution in [2.75, 3.05) is 4.90 Å². The van der Waals surface area contributed by atoms with Gasteiger partial charge in [-0.05, 0) is 30.3 Å². The second-order valence-electron chi connectivity index (χ2n) is 9.08. The van der Waals surface area contributed by atoms with Crippen molar-refractivity contribution in [2.45, 2.75) is 0 Å². The Morgan fingerprint density at radius 2 is 1.62 bits per heavy atom. The van der Waals surface area contributed by atoms with Crippen LogP contribution in [0, 0.1) is 12.1 Å². The zero-order valence-corrected chi connectivity index (χ0v) is 23.7. The van der Waals surface area contributed by atoms with Crippen LogP contribution in [-0.4, -0.2) is 14.5 Å². The van der Waals surface area contributed by atoms with Gasteiger partial charge < -0.3 is 18.6 Å². The van der Waals surface area contributed by atoms with Gasteiger partial charge in [-0.1, -0.05) is 59.6 Å². The summed E-state index contributed by atoms with van der Waals surface area (Å²) in [5.74, 6) is 2.56. The summed E-state index contributed by atoms with van der Waals surface area (Å²) in [7, 11) is 1.96. The van der Waals surface area contributed by atoms with E-state index >= 15 is 0 Å². The maximum Gasteiger partial charge on any atom is 2.00 e. The van der Waals surface area contributed by atoms with Gasteiger partial charge in [-0.3, -0.25) is 4.98 Å². The predicted molar refractivity (Wildman–Crippen MR) is 153 cm³/mol. The molecule has 0 spiro atoms. The Kier molecular flexibility index (Phi) is 6.93. The number of anilines is 3. The molecule has 0 aliphatic carbocycles. The van der Waals surface area contributed by atoms with Crippen molar-refractivity contribution >= 4 is 39.1 Å². The summed E-state index contributed by atoms with van der Waals surface area (Å²) in [5, 5.41) is 1.94. The SMILES string of the molecule is Cn1ccnc1-c1[c-]c(Oc2[c-]c(N(c3ccccc3)c3ccccn3)ccc2)c2oc3ccccc3c2c1.[Pt+2]. The summed E-state index contributed by atoms with van der Waals surface area (Å²) in [6.07, 6.45) is 5.46. The molecule has 7 aromatic rings. The zero-order valence-electron chi connectivity index (χ0n) is 21.4. The molecule has 7 heteroatoms. The molecule has 0 bridgehead atoms. The molecule has 0 N–H and O–H groups in total. The minimum atomic E-state index is 0. The number of para-hydroxylation sites is 2. The molecule has 0 fully saturated rings. The Balaban J connectivity index is 0.00000289. The molecule has 0 unspecified atom stereocenters. The molecule has 7 rings (SSSR count). The van der Waals surface area contributed by atoms with E-state index in [0.717, 1.165) is 44.9 Å². The Hall–Kier alpha value is -4.67.